The van der Waals surface area contributed by atoms with Gasteiger partial charge in [-0.1, -0.05) is 48.5 Å². The Bertz CT molecular complexity index is 797. The van der Waals surface area contributed by atoms with Crippen molar-refractivity contribution in [2.24, 2.45) is 0 Å². The lowest BCUT2D eigenvalue weighted by Gasteiger charge is -2.14. The summed E-state index contributed by atoms with van der Waals surface area (Å²) in [6.45, 7) is 0.389. The van der Waals surface area contributed by atoms with Gasteiger partial charge in [0.1, 0.15) is 5.69 Å². The number of carbonyl (C=O) groups excluding carboxylic acids is 1. The van der Waals surface area contributed by atoms with Crippen LogP contribution in [0.25, 0.3) is 10.8 Å². The van der Waals surface area contributed by atoms with Gasteiger partial charge in [0.2, 0.25) is 0 Å². The van der Waals surface area contributed by atoms with Crippen LogP contribution in [0.2, 0.25) is 0 Å². The molecule has 0 aliphatic heterocycles. The number of pyridine rings is 1. The van der Waals surface area contributed by atoms with Crippen molar-refractivity contribution in [2.45, 2.75) is 12.5 Å². The van der Waals surface area contributed by atoms with Crippen LogP contribution in [0.4, 0.5) is 0 Å². The van der Waals surface area contributed by atoms with Gasteiger partial charge in [0.25, 0.3) is 5.91 Å². The van der Waals surface area contributed by atoms with Crippen molar-refractivity contribution >= 4 is 16.7 Å². The molecule has 0 fully saturated rings. The van der Waals surface area contributed by atoms with Gasteiger partial charge in [0.15, 0.2) is 0 Å². The number of hydrogen-bond acceptors (Lipinski definition) is 3. The number of benzene rings is 2. The van der Waals surface area contributed by atoms with E-state index in [9.17, 15) is 9.90 Å². The minimum Gasteiger partial charge on any atom is -0.388 e. The van der Waals surface area contributed by atoms with Crippen LogP contribution in [0, 0.1) is 0 Å². The topological polar surface area (TPSA) is 62.2 Å². The van der Waals surface area contributed by atoms with Crippen LogP contribution < -0.4 is 5.32 Å². The number of rotatable bonds is 5. The lowest BCUT2D eigenvalue weighted by Crippen LogP contribution is -2.26. The third kappa shape index (κ3) is 3.55. The molecule has 0 aliphatic rings. The van der Waals surface area contributed by atoms with Gasteiger partial charge in [-0.25, -0.2) is 0 Å². The fourth-order valence-electron chi connectivity index (χ4n) is 2.61. The molecule has 116 valence electrons. The van der Waals surface area contributed by atoms with Crippen molar-refractivity contribution < 1.29 is 9.90 Å². The minimum absolute atomic E-state index is 0.226. The Balaban J connectivity index is 1.63. The Morgan fingerprint density at radius 1 is 1.04 bits per heavy atom. The minimum atomic E-state index is -0.620. The zero-order chi connectivity index (χ0) is 16.1. The third-order valence-corrected chi connectivity index (χ3v) is 3.78. The van der Waals surface area contributed by atoms with Gasteiger partial charge in [0, 0.05) is 12.7 Å². The number of fused-ring (bicyclic) bond motifs is 1. The molecule has 2 aromatic carbocycles. The first-order valence-electron chi connectivity index (χ1n) is 7.60. The van der Waals surface area contributed by atoms with Crippen LogP contribution in [0.15, 0.2) is 66.9 Å². The van der Waals surface area contributed by atoms with Gasteiger partial charge in [-0.15, -0.1) is 0 Å². The highest BCUT2D eigenvalue weighted by Crippen LogP contribution is 2.25. The largest absolute Gasteiger partial charge is 0.388 e. The highest BCUT2D eigenvalue weighted by atomic mass is 16.3. The molecule has 1 heterocycles. The van der Waals surface area contributed by atoms with Crippen LogP contribution in [-0.4, -0.2) is 22.5 Å². The molecule has 1 atom stereocenters. The summed E-state index contributed by atoms with van der Waals surface area (Å²) in [5.74, 6) is -0.226. The first-order valence-corrected chi connectivity index (χ1v) is 7.60. The van der Waals surface area contributed by atoms with E-state index in [4.69, 9.17) is 0 Å². The molecule has 0 aliphatic carbocycles. The standard InChI is InChI=1S/C19H18N2O2/c22-18(11-13-21-19(23)17-10-3-4-12-20-17)16-9-5-7-14-6-1-2-8-15(14)16/h1-10,12,18,22H,11,13H2,(H,21,23). The maximum atomic E-state index is 11.9. The van der Waals surface area contributed by atoms with Crippen molar-refractivity contribution in [3.63, 3.8) is 0 Å². The van der Waals surface area contributed by atoms with E-state index in [1.807, 2.05) is 42.5 Å². The molecule has 23 heavy (non-hydrogen) atoms. The predicted molar refractivity (Wildman–Crippen MR) is 90.1 cm³/mol. The molecule has 0 saturated carbocycles. The summed E-state index contributed by atoms with van der Waals surface area (Å²) in [7, 11) is 0. The van der Waals surface area contributed by atoms with Gasteiger partial charge in [-0.2, -0.15) is 0 Å². The normalized spacial score (nSPS) is 12.0. The Morgan fingerprint density at radius 2 is 1.83 bits per heavy atom. The fourth-order valence-corrected chi connectivity index (χ4v) is 2.61. The van der Waals surface area contributed by atoms with Crippen LogP contribution in [0.5, 0.6) is 0 Å². The molecular weight excluding hydrogens is 288 g/mol. The van der Waals surface area contributed by atoms with Crippen molar-refractivity contribution in [3.8, 4) is 0 Å². The maximum Gasteiger partial charge on any atom is 0.269 e. The first kappa shape index (κ1) is 15.2. The average Bonchev–Trinajstić information content (AvgIpc) is 2.61. The lowest BCUT2D eigenvalue weighted by molar-refractivity contribution is 0.0938. The zero-order valence-corrected chi connectivity index (χ0v) is 12.6. The molecule has 0 radical (unpaired) electrons. The second-order valence-corrected chi connectivity index (χ2v) is 5.34. The van der Waals surface area contributed by atoms with Crippen LogP contribution in [0.3, 0.4) is 0 Å². The van der Waals surface area contributed by atoms with E-state index in [1.54, 1.807) is 24.4 Å². The van der Waals surface area contributed by atoms with E-state index in [0.29, 0.717) is 18.7 Å². The van der Waals surface area contributed by atoms with E-state index in [0.717, 1.165) is 16.3 Å². The Hall–Kier alpha value is -2.72. The summed E-state index contributed by atoms with van der Waals surface area (Å²) in [6, 6.07) is 19.0. The van der Waals surface area contributed by atoms with Gasteiger partial charge >= 0.3 is 0 Å². The van der Waals surface area contributed by atoms with E-state index < -0.39 is 6.10 Å². The molecule has 1 amide bonds. The molecule has 1 unspecified atom stereocenters. The van der Waals surface area contributed by atoms with Gasteiger partial charge in [-0.05, 0) is 34.9 Å². The SMILES string of the molecule is O=C(NCCC(O)c1cccc2ccccc12)c1ccccn1. The summed E-state index contributed by atoms with van der Waals surface area (Å²) in [5.41, 5.74) is 1.27. The van der Waals surface area contributed by atoms with E-state index in [2.05, 4.69) is 10.3 Å². The average molecular weight is 306 g/mol. The number of nitrogens with one attached hydrogen (secondary N) is 1. The molecule has 2 N–H and O–H groups in total. The molecule has 4 heteroatoms. The van der Waals surface area contributed by atoms with Crippen molar-refractivity contribution in [1.82, 2.24) is 10.3 Å². The highest BCUT2D eigenvalue weighted by Gasteiger charge is 2.12. The van der Waals surface area contributed by atoms with E-state index >= 15 is 0 Å². The fraction of sp³-hybridized carbons (Fsp3) is 0.158. The zero-order valence-electron chi connectivity index (χ0n) is 12.6. The first-order chi connectivity index (χ1) is 11.3. The molecule has 1 aromatic heterocycles. The number of nitrogens with zero attached hydrogens (tertiary/aromatic N) is 1. The molecular formula is C19H18N2O2. The van der Waals surface area contributed by atoms with Crippen LogP contribution in [-0.2, 0) is 0 Å². The smallest absolute Gasteiger partial charge is 0.269 e. The second-order valence-electron chi connectivity index (χ2n) is 5.34. The maximum absolute atomic E-state index is 11.9. The summed E-state index contributed by atoms with van der Waals surface area (Å²) in [4.78, 5) is 15.9. The van der Waals surface area contributed by atoms with Crippen LogP contribution >= 0.6 is 0 Å². The van der Waals surface area contributed by atoms with E-state index in [1.165, 1.54) is 0 Å². The molecule has 0 bridgehead atoms. The quantitative estimate of drug-likeness (QED) is 0.761. The number of carbonyl (C=O) groups is 1. The van der Waals surface area contributed by atoms with Gasteiger partial charge in [-0.3, -0.25) is 9.78 Å². The summed E-state index contributed by atoms with van der Waals surface area (Å²) in [5, 5.41) is 15.4. The van der Waals surface area contributed by atoms with Gasteiger partial charge < -0.3 is 10.4 Å². The molecule has 3 rings (SSSR count). The van der Waals surface area contributed by atoms with Gasteiger partial charge in [0.05, 0.1) is 6.10 Å². The number of aliphatic hydroxyl groups is 1. The third-order valence-electron chi connectivity index (χ3n) is 3.78. The Morgan fingerprint density at radius 3 is 2.65 bits per heavy atom. The predicted octanol–water partition coefficient (Wildman–Crippen LogP) is 3.09. The van der Waals surface area contributed by atoms with E-state index in [-0.39, 0.29) is 5.91 Å². The van der Waals surface area contributed by atoms with Crippen molar-refractivity contribution in [1.29, 1.82) is 0 Å². The Kier molecular flexibility index (Phi) is 4.64. The summed E-state index contributed by atoms with van der Waals surface area (Å²) < 4.78 is 0. The molecule has 3 aromatic rings. The van der Waals surface area contributed by atoms with Crippen LogP contribution in [0.1, 0.15) is 28.6 Å². The summed E-state index contributed by atoms with van der Waals surface area (Å²) >= 11 is 0. The number of aromatic nitrogens is 1. The number of hydrogen-bond donors (Lipinski definition) is 2. The molecule has 4 nitrogen and oxygen atoms in total. The Labute approximate surface area is 134 Å². The lowest BCUT2D eigenvalue weighted by atomic mass is 9.99. The number of amides is 1. The highest BCUT2D eigenvalue weighted by molar-refractivity contribution is 5.92. The number of aliphatic hydroxyl groups excluding tert-OH is 1. The van der Waals surface area contributed by atoms with Crippen molar-refractivity contribution in [3.05, 3.63) is 78.1 Å². The molecule has 0 spiro atoms. The molecule has 0 saturated heterocycles. The monoisotopic (exact) mass is 306 g/mol. The summed E-state index contributed by atoms with van der Waals surface area (Å²) in [6.07, 6.45) is 1.41. The van der Waals surface area contributed by atoms with Crippen molar-refractivity contribution in [2.75, 3.05) is 6.54 Å². The second kappa shape index (κ2) is 7.03.